The van der Waals surface area contributed by atoms with Crippen molar-refractivity contribution in [3.63, 3.8) is 0 Å². The van der Waals surface area contributed by atoms with Crippen molar-refractivity contribution in [3.8, 4) is 0 Å². The Bertz CT molecular complexity index is 480. The fourth-order valence-corrected chi connectivity index (χ4v) is 2.77. The molecule has 132 valence electrons. The van der Waals surface area contributed by atoms with Crippen molar-refractivity contribution in [2.24, 2.45) is 5.73 Å². The molecule has 0 saturated carbocycles. The SMILES string of the molecule is CC1(C)OCC(NC(=O)C(N)=O)C(C2OC(C)(C)OC2CO)O1. The van der Waals surface area contributed by atoms with Gasteiger partial charge in [0.15, 0.2) is 11.6 Å². The van der Waals surface area contributed by atoms with Crippen LogP contribution in [0.15, 0.2) is 0 Å². The topological polar surface area (TPSA) is 129 Å². The molecule has 2 heterocycles. The molecule has 9 heteroatoms. The van der Waals surface area contributed by atoms with Crippen molar-refractivity contribution in [1.29, 1.82) is 0 Å². The average Bonchev–Trinajstić information content (AvgIpc) is 2.75. The Labute approximate surface area is 134 Å². The van der Waals surface area contributed by atoms with Gasteiger partial charge in [-0.2, -0.15) is 0 Å². The number of rotatable bonds is 3. The lowest BCUT2D eigenvalue weighted by atomic mass is 9.99. The molecule has 0 aromatic carbocycles. The standard InChI is InChI=1S/C14H24N2O7/c1-13(2)20-6-7(16-12(19)11(15)18)9(22-13)10-8(5-17)21-14(3,4)23-10/h7-10,17H,5-6H2,1-4H3,(H2,15,18)(H,16,19). The van der Waals surface area contributed by atoms with Crippen LogP contribution in [0.3, 0.4) is 0 Å². The van der Waals surface area contributed by atoms with E-state index in [4.69, 9.17) is 24.7 Å². The molecule has 23 heavy (non-hydrogen) atoms. The lowest BCUT2D eigenvalue weighted by molar-refractivity contribution is -0.302. The summed E-state index contributed by atoms with van der Waals surface area (Å²) in [5.41, 5.74) is 4.97. The summed E-state index contributed by atoms with van der Waals surface area (Å²) in [5.74, 6) is -3.85. The second-order valence-corrected chi connectivity index (χ2v) is 6.56. The summed E-state index contributed by atoms with van der Waals surface area (Å²) in [6.45, 7) is 6.72. The Balaban J connectivity index is 2.21. The smallest absolute Gasteiger partial charge is 0.309 e. The first-order valence-corrected chi connectivity index (χ1v) is 7.43. The predicted molar refractivity (Wildman–Crippen MR) is 76.9 cm³/mol. The molecule has 0 bridgehead atoms. The number of amides is 2. The summed E-state index contributed by atoms with van der Waals surface area (Å²) in [6.07, 6.45) is -1.95. The lowest BCUT2D eigenvalue weighted by Crippen LogP contribution is -2.62. The molecule has 4 N–H and O–H groups in total. The zero-order chi connectivity index (χ0) is 17.4. The van der Waals surface area contributed by atoms with Gasteiger partial charge in [-0.05, 0) is 27.7 Å². The molecule has 0 spiro atoms. The van der Waals surface area contributed by atoms with E-state index < -0.39 is 47.7 Å². The zero-order valence-electron chi connectivity index (χ0n) is 13.7. The van der Waals surface area contributed by atoms with Gasteiger partial charge < -0.3 is 35.1 Å². The van der Waals surface area contributed by atoms with Crippen LogP contribution in [0.25, 0.3) is 0 Å². The summed E-state index contributed by atoms with van der Waals surface area (Å²) < 4.78 is 22.9. The Kier molecular flexibility index (Phi) is 4.97. The van der Waals surface area contributed by atoms with Crippen LogP contribution in [0.1, 0.15) is 27.7 Å². The molecule has 4 atom stereocenters. The number of aliphatic hydroxyl groups excluding tert-OH is 1. The number of ether oxygens (including phenoxy) is 4. The van der Waals surface area contributed by atoms with Gasteiger partial charge in [0.1, 0.15) is 18.3 Å². The molecule has 2 fully saturated rings. The summed E-state index contributed by atoms with van der Waals surface area (Å²) in [5, 5.41) is 12.0. The zero-order valence-corrected chi connectivity index (χ0v) is 13.7. The fraction of sp³-hybridized carbons (Fsp3) is 0.857. The number of hydrogen-bond donors (Lipinski definition) is 3. The van der Waals surface area contributed by atoms with Crippen LogP contribution in [0.5, 0.6) is 0 Å². The normalized spacial score (nSPS) is 35.7. The summed E-state index contributed by atoms with van der Waals surface area (Å²) >= 11 is 0. The van der Waals surface area contributed by atoms with E-state index in [1.165, 1.54) is 0 Å². The molecule has 0 radical (unpaired) electrons. The number of nitrogens with two attached hydrogens (primary N) is 1. The molecular weight excluding hydrogens is 308 g/mol. The van der Waals surface area contributed by atoms with Crippen LogP contribution in [0.2, 0.25) is 0 Å². The average molecular weight is 332 g/mol. The Morgan fingerprint density at radius 2 is 1.74 bits per heavy atom. The van der Waals surface area contributed by atoms with Gasteiger partial charge in [-0.15, -0.1) is 0 Å². The van der Waals surface area contributed by atoms with Gasteiger partial charge in [0.2, 0.25) is 0 Å². The second kappa shape index (κ2) is 6.33. The van der Waals surface area contributed by atoms with E-state index in [0.717, 1.165) is 0 Å². The predicted octanol–water partition coefficient (Wildman–Crippen LogP) is -1.38. The molecule has 4 unspecified atom stereocenters. The first-order valence-electron chi connectivity index (χ1n) is 7.43. The molecule has 0 aliphatic carbocycles. The van der Waals surface area contributed by atoms with Crippen LogP contribution < -0.4 is 11.1 Å². The van der Waals surface area contributed by atoms with E-state index in [2.05, 4.69) is 5.32 Å². The van der Waals surface area contributed by atoms with Gasteiger partial charge >= 0.3 is 11.8 Å². The van der Waals surface area contributed by atoms with Crippen LogP contribution in [-0.2, 0) is 28.5 Å². The van der Waals surface area contributed by atoms with Gasteiger partial charge in [-0.3, -0.25) is 9.59 Å². The van der Waals surface area contributed by atoms with E-state index in [-0.39, 0.29) is 13.2 Å². The molecule has 2 aliphatic rings. The molecule has 9 nitrogen and oxygen atoms in total. The molecule has 0 aromatic heterocycles. The summed E-state index contributed by atoms with van der Waals surface area (Å²) in [7, 11) is 0. The molecule has 2 saturated heterocycles. The van der Waals surface area contributed by atoms with Crippen molar-refractivity contribution < 1.29 is 33.6 Å². The highest BCUT2D eigenvalue weighted by Crippen LogP contribution is 2.35. The Hall–Kier alpha value is -1.26. The molecule has 2 rings (SSSR count). The van der Waals surface area contributed by atoms with E-state index in [0.29, 0.717) is 0 Å². The maximum atomic E-state index is 11.6. The molecule has 2 aliphatic heterocycles. The number of nitrogens with one attached hydrogen (secondary N) is 1. The molecule has 0 aromatic rings. The number of primary amides is 1. The van der Waals surface area contributed by atoms with Gasteiger partial charge in [0.05, 0.1) is 19.3 Å². The van der Waals surface area contributed by atoms with E-state index in [9.17, 15) is 14.7 Å². The van der Waals surface area contributed by atoms with Gasteiger partial charge in [0, 0.05) is 0 Å². The highest BCUT2D eigenvalue weighted by molar-refractivity contribution is 6.34. The summed E-state index contributed by atoms with van der Waals surface area (Å²) in [4.78, 5) is 22.6. The first kappa shape index (κ1) is 18.1. The maximum absolute atomic E-state index is 11.6. The Morgan fingerprint density at radius 3 is 2.30 bits per heavy atom. The third-order valence-corrected chi connectivity index (χ3v) is 3.69. The summed E-state index contributed by atoms with van der Waals surface area (Å²) in [6, 6.07) is -0.667. The van der Waals surface area contributed by atoms with Crippen molar-refractivity contribution in [3.05, 3.63) is 0 Å². The monoisotopic (exact) mass is 332 g/mol. The van der Waals surface area contributed by atoms with Gasteiger partial charge in [-0.25, -0.2) is 0 Å². The van der Waals surface area contributed by atoms with Crippen LogP contribution >= 0.6 is 0 Å². The quantitative estimate of drug-likeness (QED) is 0.543. The third kappa shape index (κ3) is 4.18. The van der Waals surface area contributed by atoms with E-state index in [1.807, 2.05) is 0 Å². The largest absolute Gasteiger partial charge is 0.394 e. The number of carbonyl (C=O) groups is 2. The lowest BCUT2D eigenvalue weighted by Gasteiger charge is -2.43. The minimum Gasteiger partial charge on any atom is -0.394 e. The van der Waals surface area contributed by atoms with E-state index >= 15 is 0 Å². The first-order chi connectivity index (χ1) is 10.5. The second-order valence-electron chi connectivity index (χ2n) is 6.56. The number of carbonyl (C=O) groups excluding carboxylic acids is 2. The van der Waals surface area contributed by atoms with Crippen LogP contribution in [-0.4, -0.2) is 66.1 Å². The Morgan fingerprint density at radius 1 is 1.13 bits per heavy atom. The molecule has 2 amide bonds. The maximum Gasteiger partial charge on any atom is 0.309 e. The minimum atomic E-state index is -1.10. The highest BCUT2D eigenvalue weighted by atomic mass is 16.8. The van der Waals surface area contributed by atoms with E-state index in [1.54, 1.807) is 27.7 Å². The van der Waals surface area contributed by atoms with Crippen molar-refractivity contribution >= 4 is 11.8 Å². The minimum absolute atomic E-state index is 0.106. The van der Waals surface area contributed by atoms with Crippen molar-refractivity contribution in [2.75, 3.05) is 13.2 Å². The van der Waals surface area contributed by atoms with Crippen LogP contribution in [0.4, 0.5) is 0 Å². The fourth-order valence-electron chi connectivity index (χ4n) is 2.77. The number of hydrogen-bond acceptors (Lipinski definition) is 7. The number of aliphatic hydroxyl groups is 1. The van der Waals surface area contributed by atoms with Gasteiger partial charge in [0.25, 0.3) is 0 Å². The molecular formula is C14H24N2O7. The van der Waals surface area contributed by atoms with Crippen molar-refractivity contribution in [2.45, 2.75) is 63.6 Å². The van der Waals surface area contributed by atoms with Crippen LogP contribution in [0, 0.1) is 0 Å². The third-order valence-electron chi connectivity index (χ3n) is 3.69. The van der Waals surface area contributed by atoms with Crippen molar-refractivity contribution in [1.82, 2.24) is 5.32 Å². The highest BCUT2D eigenvalue weighted by Gasteiger charge is 2.51. The van der Waals surface area contributed by atoms with Gasteiger partial charge in [-0.1, -0.05) is 0 Å².